The zero-order valence-corrected chi connectivity index (χ0v) is 12.0. The maximum absolute atomic E-state index is 13.9. The third-order valence-corrected chi connectivity index (χ3v) is 3.56. The Bertz CT molecular complexity index is 505. The van der Waals surface area contributed by atoms with E-state index >= 15 is 0 Å². The lowest BCUT2D eigenvalue weighted by Gasteiger charge is -2.31. The van der Waals surface area contributed by atoms with Crippen LogP contribution in [-0.4, -0.2) is 23.4 Å². The number of benzene rings is 1. The smallest absolute Gasteiger partial charge is 0.238 e. The Morgan fingerprint density at radius 2 is 2.05 bits per heavy atom. The van der Waals surface area contributed by atoms with E-state index in [4.69, 9.17) is 0 Å². The molecule has 1 aromatic rings. The highest BCUT2D eigenvalue weighted by Crippen LogP contribution is 2.29. The fourth-order valence-electron chi connectivity index (χ4n) is 2.80. The van der Waals surface area contributed by atoms with Crippen molar-refractivity contribution in [3.05, 3.63) is 35.4 Å². The second-order valence-corrected chi connectivity index (χ2v) is 5.73. The van der Waals surface area contributed by atoms with E-state index in [9.17, 15) is 13.6 Å². The number of carbonyl (C=O) groups excluding carboxylic acids is 1. The predicted octanol–water partition coefficient (Wildman–Crippen LogP) is 2.83. The molecule has 1 saturated heterocycles. The molecule has 0 spiro atoms. The van der Waals surface area contributed by atoms with Crippen LogP contribution in [-0.2, 0) is 4.79 Å². The highest BCUT2D eigenvalue weighted by atomic mass is 19.1. The number of nitrogens with one attached hydrogen (secondary N) is 1. The van der Waals surface area contributed by atoms with Gasteiger partial charge < -0.3 is 4.90 Å². The van der Waals surface area contributed by atoms with E-state index in [0.717, 1.165) is 12.5 Å². The summed E-state index contributed by atoms with van der Waals surface area (Å²) in [5, 5.41) is 3.00. The van der Waals surface area contributed by atoms with E-state index in [1.54, 1.807) is 4.90 Å². The van der Waals surface area contributed by atoms with Gasteiger partial charge in [-0.2, -0.15) is 0 Å². The monoisotopic (exact) mass is 282 g/mol. The summed E-state index contributed by atoms with van der Waals surface area (Å²) in [4.78, 5) is 13.7. The number of hydrogen-bond acceptors (Lipinski definition) is 2. The minimum Gasteiger partial charge on any atom is -0.319 e. The van der Waals surface area contributed by atoms with Crippen LogP contribution in [0.5, 0.6) is 0 Å². The Labute approximate surface area is 118 Å². The fourth-order valence-corrected chi connectivity index (χ4v) is 2.80. The van der Waals surface area contributed by atoms with E-state index in [2.05, 4.69) is 19.2 Å². The molecule has 1 N–H and O–H groups in total. The van der Waals surface area contributed by atoms with Gasteiger partial charge in [-0.05, 0) is 31.4 Å². The SMILES string of the molecule is CC(C)CC(C)N1C(=O)CNC1c1ccc(F)cc1F. The third-order valence-electron chi connectivity index (χ3n) is 3.56. The molecular formula is C15H20F2N2O. The van der Waals surface area contributed by atoms with Crippen LogP contribution >= 0.6 is 0 Å². The molecule has 1 fully saturated rings. The van der Waals surface area contributed by atoms with Crippen LogP contribution < -0.4 is 5.32 Å². The Kier molecular flexibility index (Phi) is 4.38. The molecule has 1 heterocycles. The molecule has 2 rings (SSSR count). The van der Waals surface area contributed by atoms with Gasteiger partial charge in [0.05, 0.1) is 6.54 Å². The van der Waals surface area contributed by atoms with E-state index in [-0.39, 0.29) is 18.5 Å². The van der Waals surface area contributed by atoms with Gasteiger partial charge in [-0.25, -0.2) is 8.78 Å². The van der Waals surface area contributed by atoms with Crippen molar-refractivity contribution in [2.45, 2.75) is 39.4 Å². The zero-order valence-electron chi connectivity index (χ0n) is 12.0. The van der Waals surface area contributed by atoms with E-state index in [1.807, 2.05) is 6.92 Å². The molecular weight excluding hydrogens is 262 g/mol. The lowest BCUT2D eigenvalue weighted by Crippen LogP contribution is -2.39. The Hall–Kier alpha value is -1.49. The molecule has 0 radical (unpaired) electrons. The molecule has 2 atom stereocenters. The summed E-state index contributed by atoms with van der Waals surface area (Å²) in [6.07, 6.45) is 0.323. The minimum absolute atomic E-state index is 0.00644. The molecule has 1 aromatic carbocycles. The average Bonchev–Trinajstić information content (AvgIpc) is 2.70. The van der Waals surface area contributed by atoms with E-state index in [1.165, 1.54) is 12.1 Å². The van der Waals surface area contributed by atoms with Gasteiger partial charge >= 0.3 is 0 Å². The lowest BCUT2D eigenvalue weighted by molar-refractivity contribution is -0.130. The van der Waals surface area contributed by atoms with Gasteiger partial charge in [0, 0.05) is 17.7 Å². The van der Waals surface area contributed by atoms with E-state index < -0.39 is 17.8 Å². The molecule has 0 aliphatic carbocycles. The normalized spacial score (nSPS) is 20.8. The standard InChI is InChI=1S/C15H20F2N2O/c1-9(2)6-10(3)19-14(20)8-18-15(19)12-5-4-11(16)7-13(12)17/h4-5,7,9-10,15,18H,6,8H2,1-3H3. The van der Waals surface area contributed by atoms with Crippen LogP contribution in [0.25, 0.3) is 0 Å². The predicted molar refractivity (Wildman–Crippen MR) is 72.9 cm³/mol. The maximum Gasteiger partial charge on any atom is 0.238 e. The third kappa shape index (κ3) is 2.98. The van der Waals surface area contributed by atoms with Crippen molar-refractivity contribution in [2.24, 2.45) is 5.92 Å². The van der Waals surface area contributed by atoms with Gasteiger partial charge in [0.15, 0.2) is 0 Å². The number of nitrogens with zero attached hydrogens (tertiary/aromatic N) is 1. The first kappa shape index (κ1) is 14.9. The Morgan fingerprint density at radius 3 is 2.65 bits per heavy atom. The maximum atomic E-state index is 13.9. The van der Waals surface area contributed by atoms with Gasteiger partial charge in [0.1, 0.15) is 17.8 Å². The molecule has 20 heavy (non-hydrogen) atoms. The van der Waals surface area contributed by atoms with Gasteiger partial charge in [-0.3, -0.25) is 10.1 Å². The fraction of sp³-hybridized carbons (Fsp3) is 0.533. The summed E-state index contributed by atoms with van der Waals surface area (Å²) in [5.74, 6) is -0.847. The minimum atomic E-state index is -0.626. The number of amides is 1. The topological polar surface area (TPSA) is 32.3 Å². The van der Waals surface area contributed by atoms with Crippen LogP contribution in [0, 0.1) is 17.6 Å². The second kappa shape index (κ2) is 5.87. The highest BCUT2D eigenvalue weighted by Gasteiger charge is 2.36. The number of carbonyl (C=O) groups is 1. The van der Waals surface area contributed by atoms with Crippen molar-refractivity contribution < 1.29 is 13.6 Å². The first-order valence-electron chi connectivity index (χ1n) is 6.89. The highest BCUT2D eigenvalue weighted by molar-refractivity contribution is 5.81. The van der Waals surface area contributed by atoms with Gasteiger partial charge in [-0.1, -0.05) is 13.8 Å². The quantitative estimate of drug-likeness (QED) is 0.921. The molecule has 5 heteroatoms. The average molecular weight is 282 g/mol. The largest absolute Gasteiger partial charge is 0.319 e. The molecule has 0 bridgehead atoms. The van der Waals surface area contributed by atoms with E-state index in [0.29, 0.717) is 11.5 Å². The summed E-state index contributed by atoms with van der Waals surface area (Å²) < 4.78 is 26.9. The molecule has 1 amide bonds. The molecule has 3 nitrogen and oxygen atoms in total. The molecule has 1 aliphatic heterocycles. The zero-order chi connectivity index (χ0) is 14.9. The first-order chi connectivity index (χ1) is 9.40. The summed E-state index contributed by atoms with van der Waals surface area (Å²) >= 11 is 0. The van der Waals surface area contributed by atoms with Crippen LogP contribution in [0.2, 0.25) is 0 Å². The summed E-state index contributed by atoms with van der Waals surface area (Å²) in [6, 6.07) is 3.47. The van der Waals surface area contributed by atoms with Crippen LogP contribution in [0.3, 0.4) is 0 Å². The molecule has 0 aromatic heterocycles. The summed E-state index contributed by atoms with van der Waals surface area (Å²) in [6.45, 7) is 6.30. The number of hydrogen-bond donors (Lipinski definition) is 1. The van der Waals surface area contributed by atoms with Gasteiger partial charge in [-0.15, -0.1) is 0 Å². The second-order valence-electron chi connectivity index (χ2n) is 5.73. The number of rotatable bonds is 4. The van der Waals surface area contributed by atoms with Crippen molar-refractivity contribution in [3.63, 3.8) is 0 Å². The van der Waals surface area contributed by atoms with Gasteiger partial charge in [0.2, 0.25) is 5.91 Å². The summed E-state index contributed by atoms with van der Waals surface area (Å²) in [5.41, 5.74) is 0.313. The van der Waals surface area contributed by atoms with Crippen molar-refractivity contribution >= 4 is 5.91 Å². The van der Waals surface area contributed by atoms with Crippen LogP contribution in [0.15, 0.2) is 18.2 Å². The van der Waals surface area contributed by atoms with Crippen LogP contribution in [0.4, 0.5) is 8.78 Å². The first-order valence-corrected chi connectivity index (χ1v) is 6.89. The van der Waals surface area contributed by atoms with Crippen molar-refractivity contribution in [3.8, 4) is 0 Å². The lowest BCUT2D eigenvalue weighted by atomic mass is 10.0. The Morgan fingerprint density at radius 1 is 1.35 bits per heavy atom. The van der Waals surface area contributed by atoms with Crippen molar-refractivity contribution in [1.82, 2.24) is 10.2 Å². The van der Waals surface area contributed by atoms with Crippen molar-refractivity contribution in [1.29, 1.82) is 0 Å². The molecule has 1 aliphatic rings. The molecule has 2 unspecified atom stereocenters. The van der Waals surface area contributed by atoms with Crippen LogP contribution in [0.1, 0.15) is 38.9 Å². The molecule has 110 valence electrons. The summed E-state index contributed by atoms with van der Waals surface area (Å²) in [7, 11) is 0. The molecule has 0 saturated carbocycles. The number of halogens is 2. The Balaban J connectivity index is 2.27. The van der Waals surface area contributed by atoms with Crippen molar-refractivity contribution in [2.75, 3.05) is 6.54 Å². The van der Waals surface area contributed by atoms with Gasteiger partial charge in [0.25, 0.3) is 0 Å².